The third kappa shape index (κ3) is 4.01. The molecule has 0 spiro atoms. The van der Waals surface area contributed by atoms with Gasteiger partial charge in [0.1, 0.15) is 5.75 Å². The number of benzene rings is 1. The molecule has 1 aliphatic heterocycles. The maximum Gasteiger partial charge on any atom is 0.306 e. The predicted molar refractivity (Wildman–Crippen MR) is 85.0 cm³/mol. The average Bonchev–Trinajstić information content (AvgIpc) is 3.32. The number of ether oxygens (including phenoxy) is 2. The zero-order valence-electron chi connectivity index (χ0n) is 13.2. The van der Waals surface area contributed by atoms with Crippen molar-refractivity contribution in [2.45, 2.75) is 31.6 Å². The summed E-state index contributed by atoms with van der Waals surface area (Å²) in [7, 11) is 1.46. The van der Waals surface area contributed by atoms with Crippen LogP contribution in [0.2, 0.25) is 0 Å². The van der Waals surface area contributed by atoms with Gasteiger partial charge in [0.2, 0.25) is 0 Å². The molecule has 4 nitrogen and oxygen atoms in total. The molecule has 1 N–H and O–H groups in total. The number of esters is 1. The van der Waals surface area contributed by atoms with Crippen molar-refractivity contribution >= 4 is 5.97 Å². The van der Waals surface area contributed by atoms with Crippen molar-refractivity contribution in [3.63, 3.8) is 0 Å². The van der Waals surface area contributed by atoms with Gasteiger partial charge in [0.05, 0.1) is 20.1 Å². The highest BCUT2D eigenvalue weighted by atomic mass is 16.5. The van der Waals surface area contributed by atoms with Gasteiger partial charge in [-0.05, 0) is 67.8 Å². The van der Waals surface area contributed by atoms with E-state index in [0.29, 0.717) is 12.3 Å². The van der Waals surface area contributed by atoms with Gasteiger partial charge in [-0.3, -0.25) is 4.79 Å². The van der Waals surface area contributed by atoms with E-state index in [1.165, 1.54) is 25.5 Å². The van der Waals surface area contributed by atoms with E-state index in [2.05, 4.69) is 17.4 Å². The van der Waals surface area contributed by atoms with Crippen molar-refractivity contribution in [3.8, 4) is 5.75 Å². The second-order valence-corrected chi connectivity index (χ2v) is 6.46. The largest absolute Gasteiger partial charge is 0.494 e. The Balaban J connectivity index is 1.59. The summed E-state index contributed by atoms with van der Waals surface area (Å²) in [6.45, 7) is 3.00. The minimum absolute atomic E-state index is 0.124. The molecule has 0 radical (unpaired) electrons. The Hall–Kier alpha value is -1.55. The van der Waals surface area contributed by atoms with Gasteiger partial charge in [0.15, 0.2) is 0 Å². The van der Waals surface area contributed by atoms with E-state index < -0.39 is 0 Å². The molecule has 1 saturated heterocycles. The summed E-state index contributed by atoms with van der Waals surface area (Å²) in [5, 5.41) is 3.28. The Bertz CT molecular complexity index is 509. The smallest absolute Gasteiger partial charge is 0.306 e. The van der Waals surface area contributed by atoms with Crippen molar-refractivity contribution in [2.24, 2.45) is 11.8 Å². The number of hydrogen-bond donors (Lipinski definition) is 1. The van der Waals surface area contributed by atoms with Crippen LogP contribution in [0.15, 0.2) is 24.3 Å². The maximum absolute atomic E-state index is 11.6. The van der Waals surface area contributed by atoms with Crippen molar-refractivity contribution < 1.29 is 14.3 Å². The van der Waals surface area contributed by atoms with Crippen LogP contribution in [-0.2, 0) is 9.53 Å². The number of carbonyl (C=O) groups excluding carboxylic acids is 1. The summed E-state index contributed by atoms with van der Waals surface area (Å²) in [4.78, 5) is 11.6. The lowest BCUT2D eigenvalue weighted by atomic mass is 9.91. The Morgan fingerprint density at radius 3 is 2.82 bits per heavy atom. The van der Waals surface area contributed by atoms with E-state index in [-0.39, 0.29) is 11.9 Å². The van der Waals surface area contributed by atoms with Gasteiger partial charge in [0.25, 0.3) is 0 Å². The molecule has 2 fully saturated rings. The van der Waals surface area contributed by atoms with Crippen molar-refractivity contribution in [2.75, 3.05) is 26.8 Å². The molecule has 1 aliphatic carbocycles. The lowest BCUT2D eigenvalue weighted by molar-refractivity contribution is -0.141. The molecule has 1 unspecified atom stereocenters. The lowest BCUT2D eigenvalue weighted by Crippen LogP contribution is -2.42. The first-order chi connectivity index (χ1) is 10.8. The minimum atomic E-state index is -0.124. The van der Waals surface area contributed by atoms with Gasteiger partial charge >= 0.3 is 5.97 Å². The van der Waals surface area contributed by atoms with Gasteiger partial charge in [-0.2, -0.15) is 0 Å². The summed E-state index contributed by atoms with van der Waals surface area (Å²) in [5.74, 6) is 2.45. The molecule has 4 heteroatoms. The number of nitrogens with one attached hydrogen (secondary N) is 1. The second kappa shape index (κ2) is 7.14. The standard InChI is InChI=1S/C18H25NO3/c1-21-18(20)10-17(14-5-6-14)15-3-2-4-16(9-15)22-8-7-13-11-19-12-13/h2-4,9,13-14,17,19H,5-8,10-12H2,1H3. The van der Waals surface area contributed by atoms with Crippen molar-refractivity contribution in [3.05, 3.63) is 29.8 Å². The normalized spacial score (nSPS) is 19.3. The Morgan fingerprint density at radius 1 is 1.36 bits per heavy atom. The summed E-state index contributed by atoms with van der Waals surface area (Å²) in [6, 6.07) is 8.24. The number of carbonyl (C=O) groups is 1. The first-order valence-corrected chi connectivity index (χ1v) is 8.26. The van der Waals surface area contributed by atoms with E-state index >= 15 is 0 Å². The summed E-state index contributed by atoms with van der Waals surface area (Å²) in [6.07, 6.45) is 3.99. The topological polar surface area (TPSA) is 47.6 Å². The van der Waals surface area contributed by atoms with Crippen LogP contribution in [0.25, 0.3) is 0 Å². The average molecular weight is 303 g/mol. The van der Waals surface area contributed by atoms with Crippen LogP contribution < -0.4 is 10.1 Å². The summed E-state index contributed by atoms with van der Waals surface area (Å²) in [5.41, 5.74) is 1.20. The Morgan fingerprint density at radius 2 is 2.18 bits per heavy atom. The number of hydrogen-bond acceptors (Lipinski definition) is 4. The number of rotatable bonds is 8. The predicted octanol–water partition coefficient (Wildman–Crippen LogP) is 2.73. The molecule has 0 amide bonds. The van der Waals surface area contributed by atoms with Crippen molar-refractivity contribution in [1.29, 1.82) is 0 Å². The molecule has 3 rings (SSSR count). The van der Waals surface area contributed by atoms with Crippen LogP contribution in [-0.4, -0.2) is 32.8 Å². The monoisotopic (exact) mass is 303 g/mol. The Kier molecular flexibility index (Phi) is 4.98. The minimum Gasteiger partial charge on any atom is -0.494 e. The van der Waals surface area contributed by atoms with E-state index in [9.17, 15) is 4.79 Å². The molecule has 120 valence electrons. The van der Waals surface area contributed by atoms with Crippen molar-refractivity contribution in [1.82, 2.24) is 5.32 Å². The molecular weight excluding hydrogens is 278 g/mol. The van der Waals surface area contributed by atoms with Crippen LogP contribution in [0.1, 0.15) is 37.2 Å². The fourth-order valence-electron chi connectivity index (χ4n) is 3.05. The van der Waals surface area contributed by atoms with E-state index in [1.54, 1.807) is 0 Å². The highest BCUT2D eigenvalue weighted by Crippen LogP contribution is 2.45. The summed E-state index contributed by atoms with van der Waals surface area (Å²) < 4.78 is 10.7. The Labute approximate surface area is 132 Å². The number of methoxy groups -OCH3 is 1. The SMILES string of the molecule is COC(=O)CC(c1cccc(OCCC2CNC2)c1)C1CC1. The van der Waals surface area contributed by atoms with Gasteiger partial charge in [-0.1, -0.05) is 12.1 Å². The fourth-order valence-corrected chi connectivity index (χ4v) is 3.05. The van der Waals surface area contributed by atoms with Gasteiger partial charge < -0.3 is 14.8 Å². The third-order valence-corrected chi connectivity index (χ3v) is 4.75. The first kappa shape index (κ1) is 15.3. The van der Waals surface area contributed by atoms with Gasteiger partial charge in [-0.25, -0.2) is 0 Å². The van der Waals surface area contributed by atoms with Gasteiger partial charge in [-0.15, -0.1) is 0 Å². The molecule has 1 aromatic carbocycles. The highest BCUT2D eigenvalue weighted by Gasteiger charge is 2.34. The molecule has 0 bridgehead atoms. The maximum atomic E-state index is 11.6. The third-order valence-electron chi connectivity index (χ3n) is 4.75. The molecule has 1 heterocycles. The summed E-state index contributed by atoms with van der Waals surface area (Å²) >= 11 is 0. The molecule has 0 aromatic heterocycles. The van der Waals surface area contributed by atoms with E-state index in [0.717, 1.165) is 37.8 Å². The van der Waals surface area contributed by atoms with Crippen LogP contribution >= 0.6 is 0 Å². The molecular formula is C18H25NO3. The zero-order valence-corrected chi connectivity index (χ0v) is 13.2. The van der Waals surface area contributed by atoms with E-state index in [1.807, 2.05) is 12.1 Å². The van der Waals surface area contributed by atoms with Gasteiger partial charge in [0, 0.05) is 0 Å². The van der Waals surface area contributed by atoms with Crippen LogP contribution in [0, 0.1) is 11.8 Å². The highest BCUT2D eigenvalue weighted by molar-refractivity contribution is 5.70. The second-order valence-electron chi connectivity index (χ2n) is 6.46. The first-order valence-electron chi connectivity index (χ1n) is 8.26. The van der Waals surface area contributed by atoms with Crippen LogP contribution in [0.4, 0.5) is 0 Å². The fraction of sp³-hybridized carbons (Fsp3) is 0.611. The molecule has 22 heavy (non-hydrogen) atoms. The molecule has 1 atom stereocenters. The van der Waals surface area contributed by atoms with Crippen LogP contribution in [0.3, 0.4) is 0 Å². The molecule has 2 aliphatic rings. The zero-order chi connectivity index (χ0) is 15.4. The van der Waals surface area contributed by atoms with Crippen LogP contribution in [0.5, 0.6) is 5.75 Å². The lowest BCUT2D eigenvalue weighted by Gasteiger charge is -2.26. The quantitative estimate of drug-likeness (QED) is 0.750. The van der Waals surface area contributed by atoms with E-state index in [4.69, 9.17) is 9.47 Å². The molecule has 1 saturated carbocycles. The molecule has 1 aromatic rings.